The van der Waals surface area contributed by atoms with E-state index in [2.05, 4.69) is 9.97 Å². The standard InChI is InChI=1S/C19H14FN3O4S/c1-26-14-7-10(6-11(20)17(14)24)8-15-18(25)23-9-13(22-19(23)28-15)12-4-3-5-16(21-12)27-2/h3-9,24H,1-2H3. The molecular weight excluding hydrogens is 385 g/mol. The zero-order valence-corrected chi connectivity index (χ0v) is 15.7. The normalized spacial score (nSPS) is 11.9. The summed E-state index contributed by atoms with van der Waals surface area (Å²) < 4.78 is 25.7. The third-order valence-corrected chi connectivity index (χ3v) is 5.05. The van der Waals surface area contributed by atoms with E-state index in [0.29, 0.717) is 32.3 Å². The molecule has 0 amide bonds. The predicted molar refractivity (Wildman–Crippen MR) is 103 cm³/mol. The van der Waals surface area contributed by atoms with Crippen LogP contribution >= 0.6 is 11.3 Å². The van der Waals surface area contributed by atoms with Gasteiger partial charge in [-0.1, -0.05) is 17.4 Å². The van der Waals surface area contributed by atoms with Gasteiger partial charge in [0.2, 0.25) is 5.88 Å². The third-order valence-electron chi connectivity index (χ3n) is 4.07. The number of nitrogens with zero attached hydrogens (tertiary/aromatic N) is 3. The number of methoxy groups -OCH3 is 2. The quantitative estimate of drug-likeness (QED) is 0.566. The predicted octanol–water partition coefficient (Wildman–Crippen LogP) is 2.23. The number of thiazole rings is 1. The second-order valence-corrected chi connectivity index (χ2v) is 6.82. The van der Waals surface area contributed by atoms with Gasteiger partial charge in [0, 0.05) is 12.3 Å². The molecule has 7 nitrogen and oxygen atoms in total. The Morgan fingerprint density at radius 1 is 1.18 bits per heavy atom. The fraction of sp³-hybridized carbons (Fsp3) is 0.105. The van der Waals surface area contributed by atoms with Crippen LogP contribution < -0.4 is 19.6 Å². The highest BCUT2D eigenvalue weighted by Gasteiger charge is 2.13. The third kappa shape index (κ3) is 3.05. The number of halogens is 1. The summed E-state index contributed by atoms with van der Waals surface area (Å²) in [5, 5.41) is 9.60. The van der Waals surface area contributed by atoms with Crippen molar-refractivity contribution >= 4 is 22.4 Å². The van der Waals surface area contributed by atoms with Crippen LogP contribution in [0.15, 0.2) is 41.3 Å². The van der Waals surface area contributed by atoms with Gasteiger partial charge in [0.25, 0.3) is 5.56 Å². The maximum atomic E-state index is 13.8. The Kier molecular flexibility index (Phi) is 4.44. The largest absolute Gasteiger partial charge is 0.502 e. The lowest BCUT2D eigenvalue weighted by atomic mass is 10.2. The summed E-state index contributed by atoms with van der Waals surface area (Å²) in [4.78, 5) is 21.9. The van der Waals surface area contributed by atoms with E-state index in [0.717, 1.165) is 6.07 Å². The summed E-state index contributed by atoms with van der Waals surface area (Å²) in [5.74, 6) is -0.955. The van der Waals surface area contributed by atoms with E-state index >= 15 is 0 Å². The van der Waals surface area contributed by atoms with E-state index in [9.17, 15) is 14.3 Å². The molecule has 0 saturated heterocycles. The number of phenolic OH excluding ortho intramolecular Hbond substituents is 1. The maximum absolute atomic E-state index is 13.8. The molecule has 0 radical (unpaired) electrons. The van der Waals surface area contributed by atoms with Gasteiger partial charge < -0.3 is 14.6 Å². The van der Waals surface area contributed by atoms with Gasteiger partial charge in [-0.2, -0.15) is 0 Å². The summed E-state index contributed by atoms with van der Waals surface area (Å²) in [7, 11) is 2.85. The number of hydrogen-bond acceptors (Lipinski definition) is 7. The maximum Gasteiger partial charge on any atom is 0.274 e. The van der Waals surface area contributed by atoms with Crippen LogP contribution in [0.1, 0.15) is 5.56 Å². The van der Waals surface area contributed by atoms with Gasteiger partial charge in [-0.05, 0) is 29.8 Å². The second-order valence-electron chi connectivity index (χ2n) is 5.81. The molecule has 1 N–H and O–H groups in total. The highest BCUT2D eigenvalue weighted by Crippen LogP contribution is 2.30. The van der Waals surface area contributed by atoms with Crippen LogP contribution in [-0.2, 0) is 0 Å². The van der Waals surface area contributed by atoms with Gasteiger partial charge in [0.1, 0.15) is 5.69 Å². The van der Waals surface area contributed by atoms with Crippen molar-refractivity contribution < 1.29 is 19.0 Å². The van der Waals surface area contributed by atoms with Crippen molar-refractivity contribution in [2.24, 2.45) is 0 Å². The first-order valence-corrected chi connectivity index (χ1v) is 8.93. The van der Waals surface area contributed by atoms with Crippen LogP contribution in [0.5, 0.6) is 17.4 Å². The molecule has 0 aliphatic heterocycles. The van der Waals surface area contributed by atoms with Crippen molar-refractivity contribution in [2.45, 2.75) is 0 Å². The first-order valence-electron chi connectivity index (χ1n) is 8.11. The molecular formula is C19H14FN3O4S. The van der Waals surface area contributed by atoms with Crippen LogP contribution in [0.3, 0.4) is 0 Å². The molecule has 142 valence electrons. The van der Waals surface area contributed by atoms with Gasteiger partial charge in [-0.25, -0.2) is 14.4 Å². The highest BCUT2D eigenvalue weighted by atomic mass is 32.1. The first kappa shape index (κ1) is 17.9. The first-order chi connectivity index (χ1) is 13.5. The van der Waals surface area contributed by atoms with Crippen molar-refractivity contribution in [1.82, 2.24) is 14.4 Å². The molecule has 1 aromatic carbocycles. The minimum absolute atomic E-state index is 0.00795. The average Bonchev–Trinajstić information content (AvgIpc) is 3.24. The number of imidazole rings is 1. The van der Waals surface area contributed by atoms with Gasteiger partial charge in [0.15, 0.2) is 22.3 Å². The smallest absolute Gasteiger partial charge is 0.274 e. The number of rotatable bonds is 4. The molecule has 0 aliphatic carbocycles. The Balaban J connectivity index is 1.79. The number of ether oxygens (including phenoxy) is 2. The summed E-state index contributed by atoms with van der Waals surface area (Å²) in [6.07, 6.45) is 3.13. The molecule has 9 heteroatoms. The molecule has 0 fully saturated rings. The number of hydrogen-bond donors (Lipinski definition) is 1. The molecule has 4 rings (SSSR count). The van der Waals surface area contributed by atoms with Crippen LogP contribution in [0.25, 0.3) is 22.4 Å². The Morgan fingerprint density at radius 3 is 2.71 bits per heavy atom. The average molecular weight is 399 g/mol. The van der Waals surface area contributed by atoms with E-state index in [1.165, 1.54) is 42.1 Å². The van der Waals surface area contributed by atoms with Gasteiger partial charge >= 0.3 is 0 Å². The van der Waals surface area contributed by atoms with Crippen molar-refractivity contribution in [3.8, 4) is 28.8 Å². The van der Waals surface area contributed by atoms with Crippen molar-refractivity contribution in [1.29, 1.82) is 0 Å². The summed E-state index contributed by atoms with van der Waals surface area (Å²) in [5.41, 5.74) is 1.24. The number of pyridine rings is 1. The Hall–Kier alpha value is -3.46. The van der Waals surface area contributed by atoms with Crippen LogP contribution in [0, 0.1) is 5.82 Å². The highest BCUT2D eigenvalue weighted by molar-refractivity contribution is 7.15. The van der Waals surface area contributed by atoms with E-state index in [1.54, 1.807) is 24.4 Å². The number of aromatic hydroxyl groups is 1. The summed E-state index contributed by atoms with van der Waals surface area (Å²) in [6, 6.07) is 7.87. The lowest BCUT2D eigenvalue weighted by Gasteiger charge is -2.04. The van der Waals surface area contributed by atoms with E-state index < -0.39 is 11.6 Å². The molecule has 0 unspecified atom stereocenters. The molecule has 28 heavy (non-hydrogen) atoms. The number of fused-ring (bicyclic) bond motifs is 1. The molecule has 0 saturated carbocycles. The van der Waals surface area contributed by atoms with Crippen molar-refractivity contribution in [2.75, 3.05) is 14.2 Å². The lowest BCUT2D eigenvalue weighted by molar-refractivity contribution is 0.357. The molecule has 0 aliphatic rings. The molecule has 0 atom stereocenters. The Bertz CT molecular complexity index is 1300. The number of aromatic nitrogens is 3. The zero-order chi connectivity index (χ0) is 19.8. The minimum atomic E-state index is -0.828. The number of benzene rings is 1. The monoisotopic (exact) mass is 399 g/mol. The van der Waals surface area contributed by atoms with Crippen LogP contribution in [0.2, 0.25) is 0 Å². The van der Waals surface area contributed by atoms with Crippen LogP contribution in [-0.4, -0.2) is 33.7 Å². The Morgan fingerprint density at radius 2 is 2.00 bits per heavy atom. The molecule has 4 aromatic rings. The van der Waals surface area contributed by atoms with E-state index in [4.69, 9.17) is 9.47 Å². The van der Waals surface area contributed by atoms with E-state index in [-0.39, 0.29) is 11.3 Å². The Labute approximate surface area is 161 Å². The zero-order valence-electron chi connectivity index (χ0n) is 14.8. The summed E-state index contributed by atoms with van der Waals surface area (Å²) in [6.45, 7) is 0. The molecule has 3 heterocycles. The lowest BCUT2D eigenvalue weighted by Crippen LogP contribution is -2.22. The number of phenols is 1. The molecule has 3 aromatic heterocycles. The topological polar surface area (TPSA) is 86.0 Å². The van der Waals surface area contributed by atoms with Crippen LogP contribution in [0.4, 0.5) is 4.39 Å². The van der Waals surface area contributed by atoms with Crippen molar-refractivity contribution in [3.05, 3.63) is 62.8 Å². The summed E-state index contributed by atoms with van der Waals surface area (Å²) >= 11 is 1.17. The van der Waals surface area contributed by atoms with Gasteiger partial charge in [0.05, 0.1) is 24.4 Å². The fourth-order valence-corrected chi connectivity index (χ4v) is 3.67. The molecule has 0 spiro atoms. The van der Waals surface area contributed by atoms with E-state index in [1.807, 2.05) is 0 Å². The minimum Gasteiger partial charge on any atom is -0.502 e. The van der Waals surface area contributed by atoms with Gasteiger partial charge in [-0.15, -0.1) is 0 Å². The van der Waals surface area contributed by atoms with Crippen molar-refractivity contribution in [3.63, 3.8) is 0 Å². The molecule has 0 bridgehead atoms. The fourth-order valence-electron chi connectivity index (χ4n) is 2.71. The SMILES string of the molecule is COc1cccc(-c2cn3c(=O)c(=Cc4cc(F)c(O)c(OC)c4)sc3n2)n1. The second kappa shape index (κ2) is 6.93. The van der Waals surface area contributed by atoms with Gasteiger partial charge in [-0.3, -0.25) is 9.20 Å².